The Balaban J connectivity index is 1.54. The van der Waals surface area contributed by atoms with Gasteiger partial charge in [-0.3, -0.25) is 4.90 Å². The number of rotatable bonds is 3. The second kappa shape index (κ2) is 5.79. The molecule has 0 aliphatic carbocycles. The maximum Gasteiger partial charge on any atom is 0.180 e. The van der Waals surface area contributed by atoms with Crippen LogP contribution in [0.3, 0.4) is 0 Å². The summed E-state index contributed by atoms with van der Waals surface area (Å²) < 4.78 is 30.7. The predicted octanol–water partition coefficient (Wildman–Crippen LogP) is 1.14. The topological polar surface area (TPSA) is 76.8 Å². The summed E-state index contributed by atoms with van der Waals surface area (Å²) in [5.74, 6) is 0. The van der Waals surface area contributed by atoms with Crippen molar-refractivity contribution in [2.24, 2.45) is 5.41 Å². The Bertz CT molecular complexity index is 855. The first-order chi connectivity index (χ1) is 11.5. The smallest absolute Gasteiger partial charge is 0.180 e. The Morgan fingerprint density at radius 3 is 2.96 bits per heavy atom. The minimum Gasteiger partial charge on any atom is -0.381 e. The van der Waals surface area contributed by atoms with Gasteiger partial charge in [0.2, 0.25) is 0 Å². The third-order valence-corrected chi connectivity index (χ3v) is 6.20. The molecule has 4 heterocycles. The monoisotopic (exact) mass is 350 g/mol. The van der Waals surface area contributed by atoms with Crippen molar-refractivity contribution in [3.8, 4) is 0 Å². The van der Waals surface area contributed by atoms with E-state index in [1.165, 1.54) is 25.3 Å². The largest absolute Gasteiger partial charge is 0.381 e. The molecule has 130 valence electrons. The van der Waals surface area contributed by atoms with Crippen LogP contribution >= 0.6 is 0 Å². The van der Waals surface area contributed by atoms with Crippen molar-refractivity contribution in [3.63, 3.8) is 0 Å². The van der Waals surface area contributed by atoms with E-state index in [-0.39, 0.29) is 4.90 Å². The van der Waals surface area contributed by atoms with E-state index in [2.05, 4.69) is 15.0 Å². The summed E-state index contributed by atoms with van der Waals surface area (Å²) in [6.45, 7) is 4.69. The van der Waals surface area contributed by atoms with Crippen molar-refractivity contribution >= 4 is 15.5 Å². The van der Waals surface area contributed by atoms with Gasteiger partial charge in [-0.1, -0.05) is 0 Å². The molecule has 0 amide bonds. The Morgan fingerprint density at radius 2 is 2.21 bits per heavy atom. The molecular weight excluding hydrogens is 328 g/mol. The maximum atomic E-state index is 11.7. The van der Waals surface area contributed by atoms with E-state index >= 15 is 0 Å². The average molecular weight is 350 g/mol. The first-order valence-corrected chi connectivity index (χ1v) is 10.2. The second-order valence-electron chi connectivity index (χ2n) is 7.13. The highest BCUT2D eigenvalue weighted by Crippen LogP contribution is 2.38. The molecule has 1 atom stereocenters. The summed E-state index contributed by atoms with van der Waals surface area (Å²) in [6.07, 6.45) is 9.78. The number of sulfone groups is 1. The van der Waals surface area contributed by atoms with Gasteiger partial charge in [-0.25, -0.2) is 17.9 Å². The SMILES string of the molecule is CS(=O)(=O)c1cnn2cc(CN3CCCC4(CCOC4)C3)cnc12. The summed E-state index contributed by atoms with van der Waals surface area (Å²) >= 11 is 0. The second-order valence-corrected chi connectivity index (χ2v) is 9.11. The predicted molar refractivity (Wildman–Crippen MR) is 88.5 cm³/mol. The number of hydrogen-bond donors (Lipinski definition) is 0. The van der Waals surface area contributed by atoms with Crippen LogP contribution in [0.15, 0.2) is 23.5 Å². The van der Waals surface area contributed by atoms with Crippen molar-refractivity contribution < 1.29 is 13.2 Å². The lowest BCUT2D eigenvalue weighted by molar-refractivity contribution is 0.0644. The molecule has 2 aliphatic heterocycles. The van der Waals surface area contributed by atoms with Crippen molar-refractivity contribution in [2.45, 2.75) is 30.7 Å². The number of ether oxygens (including phenoxy) is 1. The fourth-order valence-electron chi connectivity index (χ4n) is 3.91. The number of nitrogens with zero attached hydrogens (tertiary/aromatic N) is 4. The van der Waals surface area contributed by atoms with Crippen molar-refractivity contribution in [1.82, 2.24) is 19.5 Å². The van der Waals surface area contributed by atoms with Crippen LogP contribution in [0.4, 0.5) is 0 Å². The van der Waals surface area contributed by atoms with Crippen LogP contribution in [0.5, 0.6) is 0 Å². The van der Waals surface area contributed by atoms with Crippen LogP contribution in [0, 0.1) is 5.41 Å². The number of hydrogen-bond acceptors (Lipinski definition) is 6. The molecule has 7 nitrogen and oxygen atoms in total. The standard InChI is InChI=1S/C16H22N4O3S/c1-24(21,22)14-8-18-20-10-13(7-17-15(14)20)9-19-5-2-3-16(11-19)4-6-23-12-16/h7-8,10H,2-6,9,11-12H2,1H3. The Hall–Kier alpha value is -1.51. The van der Waals surface area contributed by atoms with Gasteiger partial charge in [0.15, 0.2) is 15.5 Å². The summed E-state index contributed by atoms with van der Waals surface area (Å²) in [4.78, 5) is 6.95. The van der Waals surface area contributed by atoms with Gasteiger partial charge in [-0.15, -0.1) is 0 Å². The van der Waals surface area contributed by atoms with Gasteiger partial charge in [0.05, 0.1) is 12.8 Å². The summed E-state index contributed by atoms with van der Waals surface area (Å²) in [5.41, 5.74) is 1.76. The van der Waals surface area contributed by atoms with E-state index in [1.807, 2.05) is 6.20 Å². The van der Waals surface area contributed by atoms with Crippen LogP contribution < -0.4 is 0 Å². The van der Waals surface area contributed by atoms with Gasteiger partial charge in [0.1, 0.15) is 4.90 Å². The lowest BCUT2D eigenvalue weighted by atomic mass is 9.79. The maximum absolute atomic E-state index is 11.7. The molecule has 2 saturated heterocycles. The molecular formula is C16H22N4O3S. The zero-order valence-corrected chi connectivity index (χ0v) is 14.6. The van der Waals surface area contributed by atoms with Crippen LogP contribution in [-0.4, -0.2) is 60.5 Å². The fourth-order valence-corrected chi connectivity index (χ4v) is 4.63. The van der Waals surface area contributed by atoms with E-state index in [4.69, 9.17) is 4.74 Å². The molecule has 0 saturated carbocycles. The third kappa shape index (κ3) is 2.94. The first kappa shape index (κ1) is 16.0. The fraction of sp³-hybridized carbons (Fsp3) is 0.625. The van der Waals surface area contributed by atoms with Gasteiger partial charge in [0.25, 0.3) is 0 Å². The molecule has 1 spiro atoms. The van der Waals surface area contributed by atoms with E-state index in [0.717, 1.165) is 44.8 Å². The molecule has 0 radical (unpaired) electrons. The molecule has 1 unspecified atom stereocenters. The highest BCUT2D eigenvalue weighted by atomic mass is 32.2. The van der Waals surface area contributed by atoms with Gasteiger partial charge in [-0.05, 0) is 25.8 Å². The molecule has 2 aliphatic rings. The van der Waals surface area contributed by atoms with Gasteiger partial charge in [0, 0.05) is 49.3 Å². The van der Waals surface area contributed by atoms with Gasteiger partial charge >= 0.3 is 0 Å². The zero-order chi connectivity index (χ0) is 16.8. The summed E-state index contributed by atoms with van der Waals surface area (Å²) in [5, 5.41) is 4.15. The first-order valence-electron chi connectivity index (χ1n) is 8.28. The molecule has 0 N–H and O–H groups in total. The van der Waals surface area contributed by atoms with E-state index < -0.39 is 9.84 Å². The minimum absolute atomic E-state index is 0.175. The molecule has 4 rings (SSSR count). The Kier molecular flexibility index (Phi) is 3.85. The van der Waals surface area contributed by atoms with Crippen molar-refractivity contribution in [2.75, 3.05) is 32.6 Å². The van der Waals surface area contributed by atoms with E-state index in [9.17, 15) is 8.42 Å². The average Bonchev–Trinajstić information content (AvgIpc) is 3.13. The number of aromatic nitrogens is 3. The summed E-state index contributed by atoms with van der Waals surface area (Å²) in [6, 6.07) is 0. The van der Waals surface area contributed by atoms with Crippen molar-refractivity contribution in [1.29, 1.82) is 0 Å². The van der Waals surface area contributed by atoms with E-state index in [0.29, 0.717) is 11.1 Å². The molecule has 0 bridgehead atoms. The number of likely N-dealkylation sites (tertiary alicyclic amines) is 1. The summed E-state index contributed by atoms with van der Waals surface area (Å²) in [7, 11) is -3.31. The molecule has 2 fully saturated rings. The van der Waals surface area contributed by atoms with Crippen LogP contribution in [0.25, 0.3) is 5.65 Å². The van der Waals surface area contributed by atoms with Gasteiger partial charge in [-0.2, -0.15) is 5.10 Å². The molecule has 8 heteroatoms. The third-order valence-electron chi connectivity index (χ3n) is 5.11. The number of piperidine rings is 1. The normalized spacial score (nSPS) is 25.7. The Labute approximate surface area is 141 Å². The van der Waals surface area contributed by atoms with E-state index in [1.54, 1.807) is 10.7 Å². The lowest BCUT2D eigenvalue weighted by Gasteiger charge is -2.39. The minimum atomic E-state index is -3.31. The molecule has 2 aromatic heterocycles. The van der Waals surface area contributed by atoms with Gasteiger partial charge < -0.3 is 4.74 Å². The highest BCUT2D eigenvalue weighted by Gasteiger charge is 2.38. The number of fused-ring (bicyclic) bond motifs is 1. The zero-order valence-electron chi connectivity index (χ0n) is 13.8. The highest BCUT2D eigenvalue weighted by molar-refractivity contribution is 7.90. The molecule has 2 aromatic rings. The molecule has 24 heavy (non-hydrogen) atoms. The Morgan fingerprint density at radius 1 is 1.33 bits per heavy atom. The van der Waals surface area contributed by atoms with Crippen LogP contribution in [-0.2, 0) is 21.1 Å². The van der Waals surface area contributed by atoms with Crippen LogP contribution in [0.1, 0.15) is 24.8 Å². The van der Waals surface area contributed by atoms with Crippen LogP contribution in [0.2, 0.25) is 0 Å². The lowest BCUT2D eigenvalue weighted by Crippen LogP contribution is -2.43. The quantitative estimate of drug-likeness (QED) is 0.826. The van der Waals surface area contributed by atoms with Crippen molar-refractivity contribution in [3.05, 3.63) is 24.2 Å². The molecule has 0 aromatic carbocycles.